The average molecular weight is 431 g/mol. The Kier molecular flexibility index (Phi) is 5.37. The zero-order chi connectivity index (χ0) is 22.1. The van der Waals surface area contributed by atoms with Crippen LogP contribution < -0.4 is 0 Å². The van der Waals surface area contributed by atoms with Crippen molar-refractivity contribution in [1.29, 1.82) is 0 Å². The third-order valence-corrected chi connectivity index (χ3v) is 10.9. The predicted octanol–water partition coefficient (Wildman–Crippen LogP) is 4.88. The van der Waals surface area contributed by atoms with Gasteiger partial charge in [0.25, 0.3) is 0 Å². The van der Waals surface area contributed by atoms with Gasteiger partial charge in [0.05, 0.1) is 11.9 Å². The van der Waals surface area contributed by atoms with Gasteiger partial charge in [-0.3, -0.25) is 4.79 Å². The number of hydrogen-bond donors (Lipinski definition) is 2. The van der Waals surface area contributed by atoms with E-state index in [-0.39, 0.29) is 41.5 Å². The van der Waals surface area contributed by atoms with E-state index in [0.717, 1.165) is 50.7 Å². The van der Waals surface area contributed by atoms with Gasteiger partial charge in [0, 0.05) is 30.8 Å². The Hall–Kier alpha value is -0.870. The summed E-state index contributed by atoms with van der Waals surface area (Å²) in [6, 6.07) is 0. The molecule has 4 saturated carbocycles. The number of ether oxygens (including phenoxy) is 1. The number of hydrogen-bond acceptors (Lipinski definition) is 4. The number of Topliss-reactive ketones (excluding diaryl/α,β-unsaturated/α-hetero) is 1. The van der Waals surface area contributed by atoms with E-state index in [1.165, 1.54) is 18.4 Å². The predicted molar refractivity (Wildman–Crippen MR) is 120 cm³/mol. The molecule has 0 saturated heterocycles. The molecule has 5 aliphatic rings. The summed E-state index contributed by atoms with van der Waals surface area (Å²) in [5.41, 5.74) is 1.25. The maximum Gasteiger partial charge on any atom is 0.140 e. The van der Waals surface area contributed by atoms with Gasteiger partial charge in [0.1, 0.15) is 11.9 Å². The van der Waals surface area contributed by atoms with Gasteiger partial charge in [-0.2, -0.15) is 0 Å². The van der Waals surface area contributed by atoms with E-state index >= 15 is 0 Å². The van der Waals surface area contributed by atoms with Crippen LogP contribution in [0.25, 0.3) is 0 Å². The van der Waals surface area contributed by atoms with Crippen molar-refractivity contribution in [2.75, 3.05) is 6.61 Å². The second-order valence-corrected chi connectivity index (χ2v) is 12.3. The Bertz CT molecular complexity index is 773. The van der Waals surface area contributed by atoms with Crippen LogP contribution in [0.1, 0.15) is 85.5 Å². The lowest BCUT2D eigenvalue weighted by atomic mass is 9.44. The van der Waals surface area contributed by atoms with Crippen molar-refractivity contribution in [3.05, 3.63) is 11.3 Å². The largest absolute Gasteiger partial charge is 0.494 e. The quantitative estimate of drug-likeness (QED) is 0.667. The van der Waals surface area contributed by atoms with Gasteiger partial charge < -0.3 is 14.9 Å². The lowest BCUT2D eigenvalue weighted by molar-refractivity contribution is -0.158. The van der Waals surface area contributed by atoms with Crippen LogP contribution in [0.15, 0.2) is 11.3 Å². The van der Waals surface area contributed by atoms with Crippen molar-refractivity contribution >= 4 is 5.78 Å². The highest BCUT2D eigenvalue weighted by Crippen LogP contribution is 2.68. The number of rotatable bonds is 4. The normalized spacial score (nSPS) is 49.7. The Morgan fingerprint density at radius 3 is 2.68 bits per heavy atom. The molecule has 0 aromatic heterocycles. The van der Waals surface area contributed by atoms with Crippen molar-refractivity contribution in [2.24, 2.45) is 46.3 Å². The van der Waals surface area contributed by atoms with Gasteiger partial charge in [-0.15, -0.1) is 0 Å². The fraction of sp³-hybridized carbons (Fsp3) is 0.889. The van der Waals surface area contributed by atoms with Gasteiger partial charge in [0.2, 0.25) is 0 Å². The Morgan fingerprint density at radius 1 is 1.16 bits per heavy atom. The van der Waals surface area contributed by atoms with Gasteiger partial charge in [-0.05, 0) is 92.4 Å². The third kappa shape index (κ3) is 3.10. The summed E-state index contributed by atoms with van der Waals surface area (Å²) < 4.78 is 6.54. The van der Waals surface area contributed by atoms with E-state index in [1.54, 1.807) is 0 Å². The van der Waals surface area contributed by atoms with Crippen LogP contribution in [0.2, 0.25) is 0 Å². The fourth-order valence-electron chi connectivity index (χ4n) is 8.97. The summed E-state index contributed by atoms with van der Waals surface area (Å²) in [5, 5.41) is 19.6. The van der Waals surface area contributed by atoms with E-state index in [4.69, 9.17) is 4.74 Å². The Labute approximate surface area is 187 Å². The first-order valence-electron chi connectivity index (χ1n) is 12.9. The molecule has 0 amide bonds. The van der Waals surface area contributed by atoms with Crippen LogP contribution in [0.3, 0.4) is 0 Å². The fourth-order valence-corrected chi connectivity index (χ4v) is 8.97. The molecule has 0 spiro atoms. The van der Waals surface area contributed by atoms with Crippen molar-refractivity contribution in [1.82, 2.24) is 0 Å². The highest BCUT2D eigenvalue weighted by Gasteiger charge is 2.67. The summed E-state index contributed by atoms with van der Waals surface area (Å²) in [7, 11) is 0. The monoisotopic (exact) mass is 430 g/mol. The molecule has 4 fully saturated rings. The second-order valence-electron chi connectivity index (χ2n) is 12.3. The zero-order valence-corrected chi connectivity index (χ0v) is 19.9. The molecule has 5 rings (SSSR count). The van der Waals surface area contributed by atoms with Gasteiger partial charge in [-0.25, -0.2) is 0 Å². The van der Waals surface area contributed by atoms with Crippen LogP contribution in [0.5, 0.6) is 0 Å². The topological polar surface area (TPSA) is 66.8 Å². The average Bonchev–Trinajstić information content (AvgIpc) is 3.22. The molecule has 0 aromatic rings. The molecular formula is C27H42O4. The lowest BCUT2D eigenvalue weighted by Crippen LogP contribution is -2.57. The number of carbonyl (C=O) groups is 1. The van der Waals surface area contributed by atoms with Crippen molar-refractivity contribution in [2.45, 2.75) is 97.7 Å². The highest BCUT2D eigenvalue weighted by molar-refractivity contribution is 5.87. The van der Waals surface area contributed by atoms with Crippen molar-refractivity contribution < 1.29 is 19.7 Å². The van der Waals surface area contributed by atoms with Crippen LogP contribution in [-0.4, -0.2) is 34.8 Å². The maximum atomic E-state index is 13.9. The first-order valence-corrected chi connectivity index (χ1v) is 12.9. The number of aliphatic hydroxyl groups excluding tert-OH is 2. The number of aliphatic hydroxyl groups is 2. The van der Waals surface area contributed by atoms with Crippen LogP contribution in [0.4, 0.5) is 0 Å². The van der Waals surface area contributed by atoms with E-state index in [1.807, 2.05) is 0 Å². The van der Waals surface area contributed by atoms with Crippen LogP contribution in [-0.2, 0) is 9.53 Å². The van der Waals surface area contributed by atoms with Crippen LogP contribution >= 0.6 is 0 Å². The smallest absolute Gasteiger partial charge is 0.140 e. The number of ketones is 1. The number of fused-ring (bicyclic) bond motifs is 7. The minimum Gasteiger partial charge on any atom is -0.494 e. The molecule has 0 unspecified atom stereocenters. The van der Waals surface area contributed by atoms with Gasteiger partial charge in [-0.1, -0.05) is 20.8 Å². The standard InChI is InChI=1S/C27H42O4/c1-15(14-28)5-8-22-16(2)25-23(31-22)12-21-19-7-6-17-11-18(29)9-10-26(17,3)20(19)13-24(30)27(21,25)4/h15,17-21,23,25,28-29H,5-14H2,1-4H3/t15-,17+,18+,19-,20-,21+,23-,25-,26+,27-/m1/s1. The number of carbonyl (C=O) groups excluding carboxylic acids is 1. The molecule has 0 bridgehead atoms. The minimum absolute atomic E-state index is 0.141. The minimum atomic E-state index is -0.280. The van der Waals surface area contributed by atoms with E-state index in [0.29, 0.717) is 29.5 Å². The van der Waals surface area contributed by atoms with Gasteiger partial charge in [0.15, 0.2) is 0 Å². The number of allylic oxidation sites excluding steroid dienone is 1. The molecule has 0 radical (unpaired) electrons. The first-order chi connectivity index (χ1) is 14.7. The molecule has 174 valence electrons. The molecule has 4 aliphatic carbocycles. The van der Waals surface area contributed by atoms with Gasteiger partial charge >= 0.3 is 0 Å². The summed E-state index contributed by atoms with van der Waals surface area (Å²) in [6.07, 6.45) is 8.93. The summed E-state index contributed by atoms with van der Waals surface area (Å²) in [6.45, 7) is 9.21. The second kappa shape index (κ2) is 7.58. The summed E-state index contributed by atoms with van der Waals surface area (Å²) >= 11 is 0. The Morgan fingerprint density at radius 2 is 1.94 bits per heavy atom. The summed E-state index contributed by atoms with van der Waals surface area (Å²) in [4.78, 5) is 13.9. The molecule has 4 heteroatoms. The molecule has 2 N–H and O–H groups in total. The van der Waals surface area contributed by atoms with Crippen molar-refractivity contribution in [3.63, 3.8) is 0 Å². The molecule has 1 aliphatic heterocycles. The molecule has 10 atom stereocenters. The zero-order valence-electron chi connectivity index (χ0n) is 19.9. The Balaban J connectivity index is 1.41. The third-order valence-electron chi connectivity index (χ3n) is 10.9. The maximum absolute atomic E-state index is 13.9. The molecular weight excluding hydrogens is 388 g/mol. The summed E-state index contributed by atoms with van der Waals surface area (Å²) in [5.74, 6) is 4.23. The van der Waals surface area contributed by atoms with E-state index in [2.05, 4.69) is 27.7 Å². The highest BCUT2D eigenvalue weighted by atomic mass is 16.5. The van der Waals surface area contributed by atoms with Crippen LogP contribution in [0, 0.1) is 46.3 Å². The molecule has 1 heterocycles. The van der Waals surface area contributed by atoms with Crippen molar-refractivity contribution in [3.8, 4) is 0 Å². The van der Waals surface area contributed by atoms with E-state index in [9.17, 15) is 15.0 Å². The first kappa shape index (κ1) is 21.9. The molecule has 31 heavy (non-hydrogen) atoms. The lowest BCUT2D eigenvalue weighted by Gasteiger charge is -2.60. The SMILES string of the molecule is CC1=C(CC[C@@H](C)CO)O[C@@H]2C[C@H]3[C@@H]4CC[C@H]5C[C@@H](O)CC[C@]5(C)[C@@H]4CC(=O)[C@]3(C)[C@H]12. The molecule has 4 nitrogen and oxygen atoms in total. The van der Waals surface area contributed by atoms with E-state index < -0.39 is 0 Å². The molecule has 0 aromatic carbocycles.